The molecule has 2 aromatic rings. The first-order chi connectivity index (χ1) is 19.1. The summed E-state index contributed by atoms with van der Waals surface area (Å²) in [5.74, 6) is 0.509. The van der Waals surface area contributed by atoms with Gasteiger partial charge in [-0.25, -0.2) is 5.01 Å². The molecule has 1 unspecified atom stereocenters. The van der Waals surface area contributed by atoms with Crippen LogP contribution in [0.4, 0.5) is 0 Å². The van der Waals surface area contributed by atoms with Gasteiger partial charge in [0.05, 0.1) is 32.1 Å². The van der Waals surface area contributed by atoms with E-state index in [2.05, 4.69) is 36.9 Å². The number of morpholine rings is 1. The van der Waals surface area contributed by atoms with E-state index in [-0.39, 0.29) is 29.8 Å². The normalized spacial score (nSPS) is 18.0. The van der Waals surface area contributed by atoms with Crippen LogP contribution in [0.15, 0.2) is 47.6 Å². The Labute approximate surface area is 238 Å². The van der Waals surface area contributed by atoms with Gasteiger partial charge in [0.25, 0.3) is 5.91 Å². The van der Waals surface area contributed by atoms with Crippen molar-refractivity contribution in [1.29, 1.82) is 0 Å². The number of hydrogen-bond donors (Lipinski definition) is 0. The highest BCUT2D eigenvalue weighted by atomic mass is 16.5. The Morgan fingerprint density at radius 2 is 1.80 bits per heavy atom. The maximum absolute atomic E-state index is 14.0. The molecule has 4 rings (SSSR count). The Bertz CT molecular complexity index is 1230. The number of carbonyl (C=O) groups is 2. The first kappa shape index (κ1) is 29.7. The summed E-state index contributed by atoms with van der Waals surface area (Å²) in [6.07, 6.45) is 0.939. The van der Waals surface area contributed by atoms with Crippen LogP contribution in [-0.4, -0.2) is 85.4 Å². The minimum Gasteiger partial charge on any atom is -0.496 e. The molecule has 0 saturated carbocycles. The van der Waals surface area contributed by atoms with Gasteiger partial charge in [0.1, 0.15) is 12.3 Å². The average Bonchev–Trinajstić information content (AvgIpc) is 3.37. The average molecular weight is 549 g/mol. The number of amides is 2. The molecule has 8 heteroatoms. The number of rotatable bonds is 9. The lowest BCUT2D eigenvalue weighted by atomic mass is 9.91. The van der Waals surface area contributed by atoms with Crippen molar-refractivity contribution in [2.24, 2.45) is 10.5 Å². The largest absolute Gasteiger partial charge is 0.496 e. The molecular weight excluding hydrogens is 504 g/mol. The van der Waals surface area contributed by atoms with Crippen molar-refractivity contribution in [3.05, 3.63) is 64.7 Å². The first-order valence-corrected chi connectivity index (χ1v) is 14.2. The number of benzene rings is 2. The summed E-state index contributed by atoms with van der Waals surface area (Å²) in [7, 11) is 1.64. The van der Waals surface area contributed by atoms with Crippen molar-refractivity contribution in [2.75, 3.05) is 53.0 Å². The van der Waals surface area contributed by atoms with Crippen molar-refractivity contribution in [2.45, 2.75) is 53.5 Å². The molecule has 8 nitrogen and oxygen atoms in total. The van der Waals surface area contributed by atoms with Crippen molar-refractivity contribution in [3.63, 3.8) is 0 Å². The topological polar surface area (TPSA) is 74.7 Å². The lowest BCUT2D eigenvalue weighted by Crippen LogP contribution is -2.47. The van der Waals surface area contributed by atoms with Gasteiger partial charge in [-0.05, 0) is 48.1 Å². The van der Waals surface area contributed by atoms with Gasteiger partial charge in [-0.1, -0.05) is 51.1 Å². The van der Waals surface area contributed by atoms with Crippen molar-refractivity contribution in [3.8, 4) is 5.75 Å². The highest BCUT2D eigenvalue weighted by Crippen LogP contribution is 2.37. The minimum absolute atomic E-state index is 0.0134. The number of methoxy groups -OCH3 is 1. The van der Waals surface area contributed by atoms with Crippen LogP contribution in [0.3, 0.4) is 0 Å². The molecule has 2 aliphatic rings. The lowest BCUT2D eigenvalue weighted by Gasteiger charge is -2.32. The highest BCUT2D eigenvalue weighted by molar-refractivity contribution is 6.03. The van der Waals surface area contributed by atoms with Crippen molar-refractivity contribution in [1.82, 2.24) is 14.8 Å². The van der Waals surface area contributed by atoms with E-state index in [0.717, 1.165) is 35.7 Å². The summed E-state index contributed by atoms with van der Waals surface area (Å²) >= 11 is 0. The standard InChI is InChI=1S/C32H44N4O4/c1-23-11-12-25(19-24(23)2)27-20-28(26-9-7-8-10-29(26)39-6)36(33-27)31(38)22-35(30(37)21-32(3,4)5)14-13-34-15-17-40-18-16-34/h7-12,19,28H,13-18,20-22H2,1-6H3. The van der Waals surface area contributed by atoms with E-state index in [1.165, 1.54) is 11.1 Å². The Kier molecular flexibility index (Phi) is 9.64. The zero-order chi connectivity index (χ0) is 28.9. The second-order valence-electron chi connectivity index (χ2n) is 12.1. The second kappa shape index (κ2) is 13.0. The molecule has 2 aromatic carbocycles. The maximum atomic E-state index is 14.0. The molecular formula is C32H44N4O4. The van der Waals surface area contributed by atoms with Crippen LogP contribution < -0.4 is 4.74 Å². The fourth-order valence-electron chi connectivity index (χ4n) is 5.20. The van der Waals surface area contributed by atoms with Gasteiger partial charge in [0.15, 0.2) is 0 Å². The zero-order valence-corrected chi connectivity index (χ0v) is 24.9. The maximum Gasteiger partial charge on any atom is 0.262 e. The summed E-state index contributed by atoms with van der Waals surface area (Å²) in [5, 5.41) is 6.46. The molecule has 0 radical (unpaired) electrons. The summed E-state index contributed by atoms with van der Waals surface area (Å²) in [4.78, 5) is 31.5. The van der Waals surface area contributed by atoms with Crippen molar-refractivity contribution >= 4 is 17.5 Å². The Morgan fingerprint density at radius 3 is 2.48 bits per heavy atom. The van der Waals surface area contributed by atoms with Gasteiger partial charge in [-0.15, -0.1) is 0 Å². The van der Waals surface area contributed by atoms with Gasteiger partial charge in [0.2, 0.25) is 5.91 Å². The number of ether oxygens (including phenoxy) is 2. The van der Waals surface area contributed by atoms with E-state index in [9.17, 15) is 9.59 Å². The third-order valence-corrected chi connectivity index (χ3v) is 7.65. The molecule has 0 bridgehead atoms. The lowest BCUT2D eigenvalue weighted by molar-refractivity contribution is -0.142. The molecule has 2 heterocycles. The van der Waals surface area contributed by atoms with Gasteiger partial charge >= 0.3 is 0 Å². The van der Waals surface area contributed by atoms with E-state index >= 15 is 0 Å². The highest BCUT2D eigenvalue weighted by Gasteiger charge is 2.36. The Hall–Kier alpha value is -3.23. The second-order valence-corrected chi connectivity index (χ2v) is 12.1. The third-order valence-electron chi connectivity index (χ3n) is 7.65. The molecule has 216 valence electrons. The summed E-state index contributed by atoms with van der Waals surface area (Å²) < 4.78 is 11.1. The number of carbonyl (C=O) groups excluding carboxylic acids is 2. The summed E-state index contributed by atoms with van der Waals surface area (Å²) in [5.41, 5.74) is 4.98. The van der Waals surface area contributed by atoms with Crippen molar-refractivity contribution < 1.29 is 19.1 Å². The molecule has 1 fully saturated rings. The Balaban J connectivity index is 1.62. The number of aryl methyl sites for hydroxylation is 2. The number of hydrogen-bond acceptors (Lipinski definition) is 6. The van der Waals surface area contributed by atoms with Crippen LogP contribution in [0.25, 0.3) is 0 Å². The fraction of sp³-hybridized carbons (Fsp3) is 0.531. The quantitative estimate of drug-likeness (QED) is 0.458. The van der Waals surface area contributed by atoms with Gasteiger partial charge < -0.3 is 14.4 Å². The zero-order valence-electron chi connectivity index (χ0n) is 24.9. The molecule has 0 aromatic heterocycles. The molecule has 0 aliphatic carbocycles. The van der Waals surface area contributed by atoms with E-state index < -0.39 is 0 Å². The van der Waals surface area contributed by atoms with Crippen LogP contribution >= 0.6 is 0 Å². The van der Waals surface area contributed by atoms with Crippen LogP contribution in [-0.2, 0) is 14.3 Å². The number of para-hydroxylation sites is 1. The van der Waals surface area contributed by atoms with Crippen LogP contribution in [0.1, 0.15) is 61.9 Å². The molecule has 0 N–H and O–H groups in total. The predicted molar refractivity (Wildman–Crippen MR) is 158 cm³/mol. The van der Waals surface area contributed by atoms with Crippen LogP contribution in [0.2, 0.25) is 0 Å². The summed E-state index contributed by atoms with van der Waals surface area (Å²) in [6, 6.07) is 13.7. The monoisotopic (exact) mass is 548 g/mol. The molecule has 1 atom stereocenters. The SMILES string of the molecule is COc1ccccc1C1CC(c2ccc(C)c(C)c2)=NN1C(=O)CN(CCN1CCOCC1)C(=O)CC(C)(C)C. The molecule has 1 saturated heterocycles. The summed E-state index contributed by atoms with van der Waals surface area (Å²) in [6.45, 7) is 14.5. The molecule has 2 amide bonds. The van der Waals surface area contributed by atoms with Crippen LogP contribution in [0, 0.1) is 19.3 Å². The van der Waals surface area contributed by atoms with Crippen LogP contribution in [0.5, 0.6) is 5.75 Å². The fourth-order valence-corrected chi connectivity index (χ4v) is 5.20. The molecule has 40 heavy (non-hydrogen) atoms. The number of nitrogens with zero attached hydrogens (tertiary/aromatic N) is 4. The van der Waals surface area contributed by atoms with E-state index in [0.29, 0.717) is 39.1 Å². The molecule has 2 aliphatic heterocycles. The minimum atomic E-state index is -0.320. The number of hydrazone groups is 1. The predicted octanol–water partition coefficient (Wildman–Crippen LogP) is 4.59. The first-order valence-electron chi connectivity index (χ1n) is 14.2. The van der Waals surface area contributed by atoms with E-state index in [1.807, 2.05) is 45.0 Å². The molecule has 0 spiro atoms. The smallest absolute Gasteiger partial charge is 0.262 e. The van der Waals surface area contributed by atoms with Gasteiger partial charge in [-0.3, -0.25) is 14.5 Å². The van der Waals surface area contributed by atoms with Gasteiger partial charge in [0, 0.05) is 44.6 Å². The van der Waals surface area contributed by atoms with E-state index in [1.54, 1.807) is 17.0 Å². The van der Waals surface area contributed by atoms with Gasteiger partial charge in [-0.2, -0.15) is 5.10 Å². The van der Waals surface area contributed by atoms with E-state index in [4.69, 9.17) is 14.6 Å². The third kappa shape index (κ3) is 7.49. The Morgan fingerprint density at radius 1 is 1.07 bits per heavy atom.